The highest BCUT2D eigenvalue weighted by Crippen LogP contribution is 2.26. The first-order chi connectivity index (χ1) is 17.1. The van der Waals surface area contributed by atoms with E-state index in [0.717, 1.165) is 53.2 Å². The summed E-state index contributed by atoms with van der Waals surface area (Å²) < 4.78 is 11.5. The number of H-pyrrole nitrogens is 1. The Morgan fingerprint density at radius 2 is 2.00 bits per heavy atom. The lowest BCUT2D eigenvalue weighted by Crippen LogP contribution is -2.30. The molecule has 0 saturated carbocycles. The van der Waals surface area contributed by atoms with Crippen molar-refractivity contribution in [3.05, 3.63) is 94.9 Å². The molecule has 1 N–H and O–H groups in total. The molecule has 0 bridgehead atoms. The molecule has 5 rings (SSSR count). The van der Waals surface area contributed by atoms with Crippen LogP contribution in [0.3, 0.4) is 0 Å². The SMILES string of the molecule is Cc1[nH]c2c(C(=O)N(Cc3cccc(OC[C@@H]4CCOC4)c3)Cc3ccccn3)cccc2c1C. The van der Waals surface area contributed by atoms with Gasteiger partial charge in [-0.15, -0.1) is 0 Å². The van der Waals surface area contributed by atoms with Gasteiger partial charge >= 0.3 is 0 Å². The summed E-state index contributed by atoms with van der Waals surface area (Å²) >= 11 is 0. The van der Waals surface area contributed by atoms with Crippen molar-refractivity contribution in [2.24, 2.45) is 5.92 Å². The quantitative estimate of drug-likeness (QED) is 0.373. The summed E-state index contributed by atoms with van der Waals surface area (Å²) in [6.07, 6.45) is 2.80. The zero-order valence-corrected chi connectivity index (χ0v) is 20.3. The molecule has 1 saturated heterocycles. The van der Waals surface area contributed by atoms with Gasteiger partial charge in [-0.2, -0.15) is 0 Å². The van der Waals surface area contributed by atoms with Crippen molar-refractivity contribution in [1.29, 1.82) is 0 Å². The monoisotopic (exact) mass is 469 g/mol. The Hall–Kier alpha value is -3.64. The van der Waals surface area contributed by atoms with Gasteiger partial charge in [-0.25, -0.2) is 0 Å². The van der Waals surface area contributed by atoms with Crippen molar-refractivity contribution in [1.82, 2.24) is 14.9 Å². The van der Waals surface area contributed by atoms with Gasteiger partial charge in [0.25, 0.3) is 5.91 Å². The molecule has 6 heteroatoms. The number of aryl methyl sites for hydroxylation is 2. The Kier molecular flexibility index (Phi) is 6.82. The highest BCUT2D eigenvalue weighted by molar-refractivity contribution is 6.06. The molecule has 1 amide bonds. The van der Waals surface area contributed by atoms with Gasteiger partial charge in [0, 0.05) is 36.3 Å². The molecule has 6 nitrogen and oxygen atoms in total. The second-order valence-electron chi connectivity index (χ2n) is 9.27. The van der Waals surface area contributed by atoms with E-state index in [9.17, 15) is 4.79 Å². The number of para-hydroxylation sites is 1. The molecule has 2 aromatic heterocycles. The molecule has 1 aliphatic heterocycles. The molecule has 35 heavy (non-hydrogen) atoms. The number of nitrogens with zero attached hydrogens (tertiary/aromatic N) is 2. The molecule has 0 spiro atoms. The maximum atomic E-state index is 13.9. The molecular formula is C29H31N3O3. The third-order valence-corrected chi connectivity index (χ3v) is 6.72. The predicted octanol–water partition coefficient (Wildman–Crippen LogP) is 5.44. The lowest BCUT2D eigenvalue weighted by molar-refractivity contribution is 0.0729. The zero-order valence-electron chi connectivity index (χ0n) is 20.3. The van der Waals surface area contributed by atoms with Crippen LogP contribution in [-0.4, -0.2) is 40.6 Å². The van der Waals surface area contributed by atoms with Gasteiger partial charge in [0.2, 0.25) is 0 Å². The second kappa shape index (κ2) is 10.3. The van der Waals surface area contributed by atoms with Gasteiger partial charge in [0.1, 0.15) is 5.75 Å². The van der Waals surface area contributed by atoms with E-state index in [1.807, 2.05) is 66.4 Å². The van der Waals surface area contributed by atoms with E-state index in [1.165, 1.54) is 5.56 Å². The number of aromatic nitrogens is 2. The topological polar surface area (TPSA) is 67.5 Å². The van der Waals surface area contributed by atoms with Crippen molar-refractivity contribution in [3.63, 3.8) is 0 Å². The number of pyridine rings is 1. The van der Waals surface area contributed by atoms with Crippen LogP contribution in [0.25, 0.3) is 10.9 Å². The Morgan fingerprint density at radius 3 is 2.80 bits per heavy atom. The van der Waals surface area contributed by atoms with Gasteiger partial charge in [-0.1, -0.05) is 30.3 Å². The van der Waals surface area contributed by atoms with E-state index in [0.29, 0.717) is 31.2 Å². The number of ether oxygens (including phenoxy) is 2. The van der Waals surface area contributed by atoms with E-state index in [1.54, 1.807) is 6.20 Å². The maximum Gasteiger partial charge on any atom is 0.256 e. The summed E-state index contributed by atoms with van der Waals surface area (Å²) in [5.74, 6) is 1.23. The van der Waals surface area contributed by atoms with E-state index in [2.05, 4.69) is 23.0 Å². The van der Waals surface area contributed by atoms with Crippen molar-refractivity contribution in [2.45, 2.75) is 33.4 Å². The summed E-state index contributed by atoms with van der Waals surface area (Å²) in [7, 11) is 0. The van der Waals surface area contributed by atoms with Gasteiger partial charge in [0.15, 0.2) is 0 Å². The number of amides is 1. The van der Waals surface area contributed by atoms with Crippen LogP contribution in [0.15, 0.2) is 66.9 Å². The van der Waals surface area contributed by atoms with Gasteiger partial charge in [-0.05, 0) is 61.7 Å². The van der Waals surface area contributed by atoms with Crippen molar-refractivity contribution in [3.8, 4) is 5.75 Å². The highest BCUT2D eigenvalue weighted by Gasteiger charge is 2.22. The predicted molar refractivity (Wildman–Crippen MR) is 136 cm³/mol. The van der Waals surface area contributed by atoms with Crippen LogP contribution in [0.5, 0.6) is 5.75 Å². The van der Waals surface area contributed by atoms with E-state index in [-0.39, 0.29) is 5.91 Å². The van der Waals surface area contributed by atoms with E-state index >= 15 is 0 Å². The highest BCUT2D eigenvalue weighted by atomic mass is 16.5. The first-order valence-corrected chi connectivity index (χ1v) is 12.1. The van der Waals surface area contributed by atoms with Crippen LogP contribution in [0.1, 0.15) is 39.3 Å². The van der Waals surface area contributed by atoms with Crippen molar-refractivity contribution in [2.75, 3.05) is 19.8 Å². The van der Waals surface area contributed by atoms with Gasteiger partial charge in [-0.3, -0.25) is 9.78 Å². The molecule has 1 fully saturated rings. The summed E-state index contributed by atoms with van der Waals surface area (Å²) in [5.41, 5.74) is 5.66. The lowest BCUT2D eigenvalue weighted by atomic mass is 10.1. The Bertz CT molecular complexity index is 1310. The van der Waals surface area contributed by atoms with Crippen molar-refractivity contribution >= 4 is 16.8 Å². The molecule has 180 valence electrons. The van der Waals surface area contributed by atoms with Crippen LogP contribution in [0.4, 0.5) is 0 Å². The Morgan fingerprint density at radius 1 is 1.11 bits per heavy atom. The number of aromatic amines is 1. The number of fused-ring (bicyclic) bond motifs is 1. The largest absolute Gasteiger partial charge is 0.493 e. The number of hydrogen-bond donors (Lipinski definition) is 1. The van der Waals surface area contributed by atoms with E-state index in [4.69, 9.17) is 9.47 Å². The summed E-state index contributed by atoms with van der Waals surface area (Å²) in [4.78, 5) is 23.6. The fraction of sp³-hybridized carbons (Fsp3) is 0.310. The molecule has 1 atom stereocenters. The van der Waals surface area contributed by atoms with Crippen LogP contribution in [0, 0.1) is 19.8 Å². The maximum absolute atomic E-state index is 13.9. The number of benzene rings is 2. The second-order valence-corrected chi connectivity index (χ2v) is 9.27. The first-order valence-electron chi connectivity index (χ1n) is 12.1. The number of hydrogen-bond acceptors (Lipinski definition) is 4. The van der Waals surface area contributed by atoms with Crippen LogP contribution in [-0.2, 0) is 17.8 Å². The molecule has 0 radical (unpaired) electrons. The zero-order chi connectivity index (χ0) is 24.2. The minimum absolute atomic E-state index is 0.0306. The normalized spacial score (nSPS) is 15.4. The molecular weight excluding hydrogens is 438 g/mol. The number of carbonyl (C=O) groups is 1. The van der Waals surface area contributed by atoms with Crippen LogP contribution < -0.4 is 4.74 Å². The molecule has 0 unspecified atom stereocenters. The molecule has 3 heterocycles. The average Bonchev–Trinajstić information content (AvgIpc) is 3.51. The number of rotatable bonds is 8. The summed E-state index contributed by atoms with van der Waals surface area (Å²) in [6.45, 7) is 7.21. The number of nitrogens with one attached hydrogen (secondary N) is 1. The standard InChI is InChI=1S/C29H31N3O3/c1-20-21(2)31-28-26(20)10-6-11-27(28)29(33)32(17-24-8-3-4-13-30-24)16-22-7-5-9-25(15-22)35-19-23-12-14-34-18-23/h3-11,13,15,23,31H,12,14,16-19H2,1-2H3/t23-/m1/s1. The summed E-state index contributed by atoms with van der Waals surface area (Å²) in [5, 5.41) is 1.08. The van der Waals surface area contributed by atoms with Crippen molar-refractivity contribution < 1.29 is 14.3 Å². The fourth-order valence-corrected chi connectivity index (χ4v) is 4.60. The van der Waals surface area contributed by atoms with Crippen LogP contribution >= 0.6 is 0 Å². The van der Waals surface area contributed by atoms with Gasteiger partial charge < -0.3 is 19.4 Å². The van der Waals surface area contributed by atoms with Crippen LogP contribution in [0.2, 0.25) is 0 Å². The molecule has 0 aliphatic carbocycles. The average molecular weight is 470 g/mol. The lowest BCUT2D eigenvalue weighted by Gasteiger charge is -2.23. The third-order valence-electron chi connectivity index (χ3n) is 6.72. The fourth-order valence-electron chi connectivity index (χ4n) is 4.60. The smallest absolute Gasteiger partial charge is 0.256 e. The number of carbonyl (C=O) groups excluding carboxylic acids is 1. The molecule has 2 aromatic carbocycles. The Balaban J connectivity index is 1.41. The van der Waals surface area contributed by atoms with Gasteiger partial charge in [0.05, 0.1) is 36.5 Å². The summed E-state index contributed by atoms with van der Waals surface area (Å²) in [6, 6.07) is 19.7. The molecule has 1 aliphatic rings. The Labute approximate surface area is 205 Å². The third kappa shape index (κ3) is 5.23. The minimum Gasteiger partial charge on any atom is -0.493 e. The molecule has 4 aromatic rings. The van der Waals surface area contributed by atoms with E-state index < -0.39 is 0 Å². The minimum atomic E-state index is -0.0306. The first kappa shape index (κ1) is 23.1.